The first kappa shape index (κ1) is 8.08. The topological polar surface area (TPSA) is 15.3 Å². The summed E-state index contributed by atoms with van der Waals surface area (Å²) < 4.78 is 0. The molecule has 60 valence electrons. The zero-order valence-corrected chi connectivity index (χ0v) is 7.04. The van der Waals surface area contributed by atoms with Gasteiger partial charge < -0.3 is 0 Å². The number of hydrazine groups is 1. The van der Waals surface area contributed by atoms with Gasteiger partial charge >= 0.3 is 0 Å². The molecule has 0 aliphatic carbocycles. The van der Waals surface area contributed by atoms with Gasteiger partial charge in [-0.25, -0.2) is 5.43 Å². The molecule has 0 saturated carbocycles. The fourth-order valence-electron chi connectivity index (χ4n) is 1.04. The second-order valence-corrected chi connectivity index (χ2v) is 2.55. The molecule has 0 fully saturated rings. The van der Waals surface area contributed by atoms with E-state index in [9.17, 15) is 0 Å². The first-order chi connectivity index (χ1) is 5.27. The summed E-state index contributed by atoms with van der Waals surface area (Å²) in [5, 5.41) is 1.97. The molecule has 1 rings (SSSR count). The Labute approximate surface area is 67.9 Å². The average molecular weight is 150 g/mol. The van der Waals surface area contributed by atoms with Crippen molar-refractivity contribution in [1.29, 1.82) is 0 Å². The summed E-state index contributed by atoms with van der Waals surface area (Å²) >= 11 is 0. The maximum Gasteiger partial charge on any atom is 0.0522 e. The van der Waals surface area contributed by atoms with Crippen molar-refractivity contribution in [3.8, 4) is 0 Å². The Morgan fingerprint density at radius 3 is 2.82 bits per heavy atom. The van der Waals surface area contributed by atoms with Crippen molar-refractivity contribution >= 4 is 0 Å². The van der Waals surface area contributed by atoms with Crippen molar-refractivity contribution in [2.45, 2.75) is 19.9 Å². The Morgan fingerprint density at radius 1 is 1.73 bits per heavy atom. The Kier molecular flexibility index (Phi) is 2.49. The van der Waals surface area contributed by atoms with Crippen molar-refractivity contribution in [2.75, 3.05) is 0 Å². The molecule has 0 radical (unpaired) electrons. The fraction of sp³-hybridized carbons (Fsp3) is 0.333. The van der Waals surface area contributed by atoms with Gasteiger partial charge in [0.15, 0.2) is 0 Å². The third-order valence-corrected chi connectivity index (χ3v) is 1.65. The molecule has 1 aliphatic rings. The van der Waals surface area contributed by atoms with Crippen molar-refractivity contribution < 1.29 is 0 Å². The lowest BCUT2D eigenvalue weighted by Crippen LogP contribution is -2.32. The Bertz CT molecular complexity index is 204. The second kappa shape index (κ2) is 3.39. The van der Waals surface area contributed by atoms with Crippen LogP contribution in [0.1, 0.15) is 13.8 Å². The summed E-state index contributed by atoms with van der Waals surface area (Å²) in [5.74, 6) is 0. The lowest BCUT2D eigenvalue weighted by atomic mass is 10.4. The van der Waals surface area contributed by atoms with E-state index in [4.69, 9.17) is 0 Å². The summed E-state index contributed by atoms with van der Waals surface area (Å²) in [5.41, 5.74) is 4.33. The van der Waals surface area contributed by atoms with E-state index in [2.05, 4.69) is 25.0 Å². The van der Waals surface area contributed by atoms with E-state index in [1.807, 2.05) is 30.3 Å². The van der Waals surface area contributed by atoms with Crippen LogP contribution in [0.25, 0.3) is 0 Å². The van der Waals surface area contributed by atoms with Crippen LogP contribution < -0.4 is 5.43 Å². The van der Waals surface area contributed by atoms with Gasteiger partial charge in [0.2, 0.25) is 0 Å². The van der Waals surface area contributed by atoms with E-state index in [0.717, 1.165) is 5.70 Å². The number of rotatable bonds is 2. The molecule has 0 saturated heterocycles. The van der Waals surface area contributed by atoms with Gasteiger partial charge in [-0.05, 0) is 26.0 Å². The van der Waals surface area contributed by atoms with Crippen molar-refractivity contribution in [3.63, 3.8) is 0 Å². The van der Waals surface area contributed by atoms with Gasteiger partial charge in [-0.3, -0.25) is 5.01 Å². The molecule has 2 heteroatoms. The van der Waals surface area contributed by atoms with Crippen LogP contribution in [0, 0.1) is 0 Å². The van der Waals surface area contributed by atoms with Gasteiger partial charge in [0.05, 0.1) is 5.70 Å². The summed E-state index contributed by atoms with van der Waals surface area (Å²) in [6.07, 6.45) is 7.96. The molecule has 1 heterocycles. The summed E-state index contributed by atoms with van der Waals surface area (Å²) in [6, 6.07) is 0.421. The first-order valence-corrected chi connectivity index (χ1v) is 3.80. The van der Waals surface area contributed by atoms with Crippen LogP contribution >= 0.6 is 0 Å². The van der Waals surface area contributed by atoms with Gasteiger partial charge in [0.1, 0.15) is 0 Å². The molecule has 0 bridgehead atoms. The predicted octanol–water partition coefficient (Wildman–Crippen LogP) is 1.80. The number of hydrogen-bond acceptors (Lipinski definition) is 2. The molecule has 1 N–H and O–H groups in total. The molecule has 0 spiro atoms. The largest absolute Gasteiger partial charge is 0.284 e. The lowest BCUT2D eigenvalue weighted by molar-refractivity contribution is 0.357. The molecule has 0 amide bonds. The molecule has 2 nitrogen and oxygen atoms in total. The number of nitrogens with zero attached hydrogens (tertiary/aromatic N) is 1. The molecular weight excluding hydrogens is 136 g/mol. The molecule has 1 unspecified atom stereocenters. The summed E-state index contributed by atoms with van der Waals surface area (Å²) in [6.45, 7) is 7.82. The van der Waals surface area contributed by atoms with Crippen LogP contribution in [-0.4, -0.2) is 11.1 Å². The SMILES string of the molecule is C=CC(=CC)N1C=CC(C)N1. The van der Waals surface area contributed by atoms with Crippen LogP contribution in [0.2, 0.25) is 0 Å². The molecule has 0 aromatic carbocycles. The molecule has 1 aliphatic heterocycles. The highest BCUT2D eigenvalue weighted by Gasteiger charge is 2.10. The zero-order valence-electron chi connectivity index (χ0n) is 7.04. The highest BCUT2D eigenvalue weighted by atomic mass is 15.5. The van der Waals surface area contributed by atoms with E-state index in [-0.39, 0.29) is 0 Å². The summed E-state index contributed by atoms with van der Waals surface area (Å²) in [7, 11) is 0. The number of nitrogens with one attached hydrogen (secondary N) is 1. The Hall–Kier alpha value is -1.02. The van der Waals surface area contributed by atoms with Gasteiger partial charge in [-0.1, -0.05) is 12.7 Å². The minimum Gasteiger partial charge on any atom is -0.284 e. The normalized spacial score (nSPS) is 24.4. The first-order valence-electron chi connectivity index (χ1n) is 3.80. The van der Waals surface area contributed by atoms with Crippen LogP contribution in [0.3, 0.4) is 0 Å². The third kappa shape index (κ3) is 1.71. The molecule has 0 aromatic rings. The van der Waals surface area contributed by atoms with E-state index in [0.29, 0.717) is 6.04 Å². The van der Waals surface area contributed by atoms with Gasteiger partial charge in [-0.15, -0.1) is 0 Å². The maximum absolute atomic E-state index is 3.72. The highest BCUT2D eigenvalue weighted by molar-refractivity contribution is 5.18. The quantitative estimate of drug-likeness (QED) is 0.604. The van der Waals surface area contributed by atoms with E-state index in [1.54, 1.807) is 0 Å². The Morgan fingerprint density at radius 2 is 2.45 bits per heavy atom. The predicted molar refractivity (Wildman–Crippen MR) is 47.5 cm³/mol. The third-order valence-electron chi connectivity index (χ3n) is 1.65. The lowest BCUT2D eigenvalue weighted by Gasteiger charge is -2.18. The second-order valence-electron chi connectivity index (χ2n) is 2.55. The van der Waals surface area contributed by atoms with E-state index < -0.39 is 0 Å². The average Bonchev–Trinajstić information content (AvgIpc) is 2.39. The molecule has 0 aromatic heterocycles. The van der Waals surface area contributed by atoms with Crippen LogP contribution in [0.4, 0.5) is 0 Å². The fourth-order valence-corrected chi connectivity index (χ4v) is 1.04. The van der Waals surface area contributed by atoms with Gasteiger partial charge in [0, 0.05) is 12.2 Å². The molecule has 1 atom stereocenters. The zero-order chi connectivity index (χ0) is 8.27. The standard InChI is InChI=1S/C9H14N2/c1-4-9(5-2)11-7-6-8(3)10-11/h4-8,10H,1H2,2-3H3. The van der Waals surface area contributed by atoms with E-state index in [1.165, 1.54) is 0 Å². The highest BCUT2D eigenvalue weighted by Crippen LogP contribution is 2.09. The molecule has 11 heavy (non-hydrogen) atoms. The summed E-state index contributed by atoms with van der Waals surface area (Å²) in [4.78, 5) is 0. The minimum absolute atomic E-state index is 0.421. The maximum atomic E-state index is 3.72. The van der Waals surface area contributed by atoms with Crippen LogP contribution in [0.5, 0.6) is 0 Å². The number of allylic oxidation sites excluding steroid dienone is 2. The molecular formula is C9H14N2. The monoisotopic (exact) mass is 150 g/mol. The van der Waals surface area contributed by atoms with Crippen molar-refractivity contribution in [3.05, 3.63) is 36.7 Å². The van der Waals surface area contributed by atoms with Crippen LogP contribution in [0.15, 0.2) is 36.7 Å². The Balaban J connectivity index is 2.63. The van der Waals surface area contributed by atoms with Gasteiger partial charge in [0.25, 0.3) is 0 Å². The van der Waals surface area contributed by atoms with E-state index >= 15 is 0 Å². The van der Waals surface area contributed by atoms with Crippen molar-refractivity contribution in [2.24, 2.45) is 0 Å². The van der Waals surface area contributed by atoms with Crippen LogP contribution in [-0.2, 0) is 0 Å². The smallest absolute Gasteiger partial charge is 0.0522 e. The number of hydrogen-bond donors (Lipinski definition) is 1. The van der Waals surface area contributed by atoms with Crippen molar-refractivity contribution in [1.82, 2.24) is 10.4 Å². The minimum atomic E-state index is 0.421. The van der Waals surface area contributed by atoms with Gasteiger partial charge in [-0.2, -0.15) is 0 Å².